The zero-order valence-corrected chi connectivity index (χ0v) is 11.3. The Kier molecular flexibility index (Phi) is 3.80. The summed E-state index contributed by atoms with van der Waals surface area (Å²) < 4.78 is 28.9. The number of nitrogens with two attached hydrogens (primary N) is 1. The molecule has 4 nitrogen and oxygen atoms in total. The summed E-state index contributed by atoms with van der Waals surface area (Å²) in [6.07, 6.45) is 4.45. The maximum Gasteiger partial charge on any atom is 0.150 e. The molecule has 1 aromatic carbocycles. The molecule has 100 valence electrons. The van der Waals surface area contributed by atoms with Gasteiger partial charge in [0.05, 0.1) is 11.4 Å². The molecule has 1 fully saturated rings. The van der Waals surface area contributed by atoms with Gasteiger partial charge in [0.2, 0.25) is 0 Å². The third-order valence-electron chi connectivity index (χ3n) is 3.37. The first kappa shape index (κ1) is 13.2. The van der Waals surface area contributed by atoms with Crippen LogP contribution in [0.25, 0.3) is 0 Å². The zero-order chi connectivity index (χ0) is 13.2. The van der Waals surface area contributed by atoms with Gasteiger partial charge in [0.1, 0.15) is 15.6 Å². The molecule has 0 radical (unpaired) electrons. The summed E-state index contributed by atoms with van der Waals surface area (Å²) in [5, 5.41) is -0.259. The molecule has 2 N–H and O–H groups in total. The van der Waals surface area contributed by atoms with Crippen LogP contribution in [0.5, 0.6) is 5.75 Å². The van der Waals surface area contributed by atoms with E-state index in [1.807, 2.05) is 12.1 Å². The molecule has 1 aromatic rings. The van der Waals surface area contributed by atoms with Crippen LogP contribution in [0.1, 0.15) is 25.7 Å². The molecule has 0 aromatic heterocycles. The molecule has 0 spiro atoms. The first-order valence-corrected chi connectivity index (χ1v) is 8.11. The number of nitrogen functional groups attached to an aromatic ring is 1. The predicted octanol–water partition coefficient (Wildman–Crippen LogP) is 2.00. The largest absolute Gasteiger partial charge is 0.490 e. The van der Waals surface area contributed by atoms with Crippen molar-refractivity contribution in [1.82, 2.24) is 0 Å². The molecular weight excluding hydrogens is 250 g/mol. The van der Waals surface area contributed by atoms with Gasteiger partial charge in [-0.1, -0.05) is 0 Å². The van der Waals surface area contributed by atoms with Crippen LogP contribution >= 0.6 is 0 Å². The highest BCUT2D eigenvalue weighted by molar-refractivity contribution is 7.91. The van der Waals surface area contributed by atoms with Crippen molar-refractivity contribution < 1.29 is 13.2 Å². The number of hydrogen-bond donors (Lipinski definition) is 1. The first-order chi connectivity index (χ1) is 8.45. The van der Waals surface area contributed by atoms with Crippen LogP contribution in [-0.4, -0.2) is 26.0 Å². The molecular formula is C13H19NO3S. The first-order valence-electron chi connectivity index (χ1n) is 6.16. The SMILES string of the molecule is CS(=O)(=O)C1CCCC(Oc2ccc(N)cc2)C1. The number of benzene rings is 1. The molecule has 2 unspecified atom stereocenters. The molecule has 0 heterocycles. The van der Waals surface area contributed by atoms with Gasteiger partial charge in [-0.2, -0.15) is 0 Å². The second-order valence-electron chi connectivity index (χ2n) is 4.93. The highest BCUT2D eigenvalue weighted by atomic mass is 32.2. The zero-order valence-electron chi connectivity index (χ0n) is 10.5. The van der Waals surface area contributed by atoms with Crippen molar-refractivity contribution in [2.45, 2.75) is 37.0 Å². The molecule has 2 rings (SSSR count). The summed E-state index contributed by atoms with van der Waals surface area (Å²) in [5.41, 5.74) is 6.30. The second kappa shape index (κ2) is 5.18. The van der Waals surface area contributed by atoms with Gasteiger partial charge in [0.25, 0.3) is 0 Å². The Morgan fingerprint density at radius 3 is 2.50 bits per heavy atom. The molecule has 0 amide bonds. The standard InChI is InChI=1S/C13H19NO3S/c1-18(15,16)13-4-2-3-12(9-13)17-11-7-5-10(14)6-8-11/h5-8,12-13H,2-4,9,14H2,1H3. The fraction of sp³-hybridized carbons (Fsp3) is 0.538. The van der Waals surface area contributed by atoms with Gasteiger partial charge >= 0.3 is 0 Å². The molecule has 0 aliphatic heterocycles. The predicted molar refractivity (Wildman–Crippen MR) is 72.4 cm³/mol. The van der Waals surface area contributed by atoms with Crippen molar-refractivity contribution >= 4 is 15.5 Å². The maximum absolute atomic E-state index is 11.6. The summed E-state index contributed by atoms with van der Waals surface area (Å²) in [6.45, 7) is 0. The Morgan fingerprint density at radius 1 is 1.22 bits per heavy atom. The number of ether oxygens (including phenoxy) is 1. The van der Waals surface area contributed by atoms with Gasteiger partial charge in [0.15, 0.2) is 0 Å². The van der Waals surface area contributed by atoms with Crippen molar-refractivity contribution in [2.24, 2.45) is 0 Å². The van der Waals surface area contributed by atoms with Crippen LogP contribution in [0.4, 0.5) is 5.69 Å². The van der Waals surface area contributed by atoms with Gasteiger partial charge in [-0.25, -0.2) is 8.42 Å². The van der Waals surface area contributed by atoms with E-state index in [1.54, 1.807) is 12.1 Å². The molecule has 5 heteroatoms. The van der Waals surface area contributed by atoms with E-state index in [-0.39, 0.29) is 11.4 Å². The fourth-order valence-electron chi connectivity index (χ4n) is 2.34. The van der Waals surface area contributed by atoms with Gasteiger partial charge < -0.3 is 10.5 Å². The molecule has 18 heavy (non-hydrogen) atoms. The van der Waals surface area contributed by atoms with Crippen molar-refractivity contribution in [3.05, 3.63) is 24.3 Å². The Bertz CT molecular complexity index is 495. The van der Waals surface area contributed by atoms with Crippen molar-refractivity contribution in [1.29, 1.82) is 0 Å². The minimum atomic E-state index is -2.96. The normalized spacial score (nSPS) is 24.7. The number of rotatable bonds is 3. The molecule has 2 atom stereocenters. The summed E-state index contributed by atoms with van der Waals surface area (Å²) in [7, 11) is -2.96. The fourth-order valence-corrected chi connectivity index (χ4v) is 3.50. The number of sulfone groups is 1. The van der Waals surface area contributed by atoms with Crippen LogP contribution in [0.3, 0.4) is 0 Å². The van der Waals surface area contributed by atoms with E-state index in [9.17, 15) is 8.42 Å². The van der Waals surface area contributed by atoms with E-state index in [0.29, 0.717) is 12.1 Å². The lowest BCUT2D eigenvalue weighted by Crippen LogP contribution is -2.33. The molecule has 0 saturated heterocycles. The minimum Gasteiger partial charge on any atom is -0.490 e. The van der Waals surface area contributed by atoms with E-state index < -0.39 is 9.84 Å². The van der Waals surface area contributed by atoms with Crippen molar-refractivity contribution in [3.63, 3.8) is 0 Å². The monoisotopic (exact) mass is 269 g/mol. The van der Waals surface area contributed by atoms with Crippen LogP contribution in [0.2, 0.25) is 0 Å². The Morgan fingerprint density at radius 2 is 1.89 bits per heavy atom. The molecule has 1 aliphatic rings. The van der Waals surface area contributed by atoms with Crippen molar-refractivity contribution in [3.8, 4) is 5.75 Å². The van der Waals surface area contributed by atoms with E-state index in [1.165, 1.54) is 6.26 Å². The average Bonchev–Trinajstić information content (AvgIpc) is 2.31. The Hall–Kier alpha value is -1.23. The van der Waals surface area contributed by atoms with Gasteiger partial charge in [-0.3, -0.25) is 0 Å². The summed E-state index contributed by atoms with van der Waals surface area (Å²) in [4.78, 5) is 0. The highest BCUT2D eigenvalue weighted by Crippen LogP contribution is 2.27. The lowest BCUT2D eigenvalue weighted by atomic mass is 9.97. The Balaban J connectivity index is 2.00. The van der Waals surface area contributed by atoms with Crippen LogP contribution in [0.15, 0.2) is 24.3 Å². The lowest BCUT2D eigenvalue weighted by Gasteiger charge is -2.28. The Labute approximate surface area is 108 Å². The van der Waals surface area contributed by atoms with Gasteiger partial charge in [-0.15, -0.1) is 0 Å². The maximum atomic E-state index is 11.6. The third-order valence-corrected chi connectivity index (χ3v) is 5.01. The summed E-state index contributed by atoms with van der Waals surface area (Å²) in [5.74, 6) is 0.753. The van der Waals surface area contributed by atoms with Gasteiger partial charge in [-0.05, 0) is 43.5 Å². The number of hydrogen-bond acceptors (Lipinski definition) is 4. The van der Waals surface area contributed by atoms with Crippen LogP contribution in [0, 0.1) is 0 Å². The van der Waals surface area contributed by atoms with E-state index in [0.717, 1.165) is 25.0 Å². The van der Waals surface area contributed by atoms with E-state index in [2.05, 4.69) is 0 Å². The smallest absolute Gasteiger partial charge is 0.150 e. The lowest BCUT2D eigenvalue weighted by molar-refractivity contribution is 0.156. The summed E-state index contributed by atoms with van der Waals surface area (Å²) >= 11 is 0. The van der Waals surface area contributed by atoms with E-state index >= 15 is 0 Å². The van der Waals surface area contributed by atoms with Crippen molar-refractivity contribution in [2.75, 3.05) is 12.0 Å². The topological polar surface area (TPSA) is 69.4 Å². The average molecular weight is 269 g/mol. The minimum absolute atomic E-state index is 0.0119. The highest BCUT2D eigenvalue weighted by Gasteiger charge is 2.29. The number of anilines is 1. The second-order valence-corrected chi connectivity index (χ2v) is 7.25. The molecule has 1 aliphatic carbocycles. The van der Waals surface area contributed by atoms with Crippen LogP contribution < -0.4 is 10.5 Å². The van der Waals surface area contributed by atoms with Gasteiger partial charge in [0, 0.05) is 18.4 Å². The third kappa shape index (κ3) is 3.38. The summed E-state index contributed by atoms with van der Waals surface area (Å²) in [6, 6.07) is 7.21. The van der Waals surface area contributed by atoms with Crippen LogP contribution in [-0.2, 0) is 9.84 Å². The van der Waals surface area contributed by atoms with E-state index in [4.69, 9.17) is 10.5 Å². The quantitative estimate of drug-likeness (QED) is 0.852. The molecule has 0 bridgehead atoms. The molecule has 1 saturated carbocycles.